The second-order valence-corrected chi connectivity index (χ2v) is 8.40. The van der Waals surface area contributed by atoms with E-state index >= 15 is 0 Å². The van der Waals surface area contributed by atoms with Gasteiger partial charge in [0.05, 0.1) is 12.2 Å². The second kappa shape index (κ2) is 12.0. The lowest BCUT2D eigenvalue weighted by Gasteiger charge is -2.24. The van der Waals surface area contributed by atoms with Crippen molar-refractivity contribution in [2.75, 3.05) is 0 Å². The molecule has 0 aliphatic heterocycles. The maximum atomic E-state index is 10.5. The summed E-state index contributed by atoms with van der Waals surface area (Å²) in [5, 5.41) is 29.4. The van der Waals surface area contributed by atoms with Crippen molar-refractivity contribution in [2.45, 2.75) is 76.9 Å². The average Bonchev–Trinajstić information content (AvgIpc) is 2.94. The number of allylic oxidation sites excluding steroid dienone is 2. The van der Waals surface area contributed by atoms with Crippen LogP contribution < -0.4 is 0 Å². The van der Waals surface area contributed by atoms with E-state index in [2.05, 4.69) is 37.3 Å². The molecule has 1 aromatic rings. The zero-order chi connectivity index (χ0) is 20.4. The molecule has 4 heteroatoms. The van der Waals surface area contributed by atoms with Gasteiger partial charge in [0.15, 0.2) is 0 Å². The Balaban J connectivity index is 1.74. The summed E-state index contributed by atoms with van der Waals surface area (Å²) in [7, 11) is 0. The molecule has 1 aliphatic carbocycles. The molecule has 0 bridgehead atoms. The van der Waals surface area contributed by atoms with Crippen LogP contribution in [0.25, 0.3) is 0 Å². The Hall–Kier alpha value is -1.65. The molecule has 0 unspecified atom stereocenters. The minimum Gasteiger partial charge on any atom is -0.481 e. The third kappa shape index (κ3) is 7.76. The minimum atomic E-state index is -0.760. The Morgan fingerprint density at radius 2 is 1.82 bits per heavy atom. The highest BCUT2D eigenvalue weighted by molar-refractivity contribution is 5.66. The van der Waals surface area contributed by atoms with Crippen LogP contribution in [0.4, 0.5) is 0 Å². The van der Waals surface area contributed by atoms with E-state index in [9.17, 15) is 15.0 Å². The van der Waals surface area contributed by atoms with Gasteiger partial charge in [0, 0.05) is 6.42 Å². The summed E-state index contributed by atoms with van der Waals surface area (Å²) in [5.41, 5.74) is 1.37. The lowest BCUT2D eigenvalue weighted by molar-refractivity contribution is -0.137. The lowest BCUT2D eigenvalue weighted by Crippen LogP contribution is -2.22. The Kier molecular flexibility index (Phi) is 9.72. The van der Waals surface area contributed by atoms with Crippen LogP contribution in [0.2, 0.25) is 0 Å². The summed E-state index contributed by atoms with van der Waals surface area (Å²) in [6.45, 7) is 2.28. The van der Waals surface area contributed by atoms with Crippen LogP contribution in [0.5, 0.6) is 0 Å². The number of aliphatic carboxylic acids is 1. The molecule has 1 saturated carbocycles. The van der Waals surface area contributed by atoms with E-state index < -0.39 is 18.2 Å². The van der Waals surface area contributed by atoms with Crippen LogP contribution in [0.15, 0.2) is 42.5 Å². The summed E-state index contributed by atoms with van der Waals surface area (Å²) in [6, 6.07) is 10.5. The summed E-state index contributed by atoms with van der Waals surface area (Å²) in [5.74, 6) is 0.0893. The van der Waals surface area contributed by atoms with Crippen molar-refractivity contribution >= 4 is 5.97 Å². The number of aryl methyl sites for hydroxylation is 1. The summed E-state index contributed by atoms with van der Waals surface area (Å²) in [4.78, 5) is 10.5. The molecule has 156 valence electrons. The first-order valence-electron chi connectivity index (χ1n) is 10.7. The molecule has 1 fully saturated rings. The molecule has 0 heterocycles. The summed E-state index contributed by atoms with van der Waals surface area (Å²) in [6.07, 6.45) is 10.3. The molecule has 0 amide bonds. The van der Waals surface area contributed by atoms with E-state index in [-0.39, 0.29) is 18.3 Å². The number of carboxylic acid groups (broad SMARTS) is 1. The van der Waals surface area contributed by atoms with Gasteiger partial charge >= 0.3 is 5.97 Å². The van der Waals surface area contributed by atoms with Crippen molar-refractivity contribution in [1.82, 2.24) is 0 Å². The van der Waals surface area contributed by atoms with E-state index in [4.69, 9.17) is 5.11 Å². The number of hydrogen-bond acceptors (Lipinski definition) is 3. The zero-order valence-corrected chi connectivity index (χ0v) is 17.0. The van der Waals surface area contributed by atoms with Crippen molar-refractivity contribution in [3.63, 3.8) is 0 Å². The maximum Gasteiger partial charge on any atom is 0.303 e. The van der Waals surface area contributed by atoms with Crippen molar-refractivity contribution in [2.24, 2.45) is 17.8 Å². The first-order valence-corrected chi connectivity index (χ1v) is 10.7. The van der Waals surface area contributed by atoms with Crippen LogP contribution in [0, 0.1) is 17.8 Å². The molecule has 5 atom stereocenters. The van der Waals surface area contributed by atoms with E-state index in [1.165, 1.54) is 5.56 Å². The van der Waals surface area contributed by atoms with Crippen LogP contribution in [0.1, 0.15) is 63.9 Å². The quantitative estimate of drug-likeness (QED) is 0.361. The average molecular weight is 389 g/mol. The molecule has 0 aromatic heterocycles. The molecule has 4 nitrogen and oxygen atoms in total. The van der Waals surface area contributed by atoms with Gasteiger partial charge in [-0.3, -0.25) is 4.79 Å². The second-order valence-electron chi connectivity index (χ2n) is 8.40. The lowest BCUT2D eigenvalue weighted by atomic mass is 9.84. The number of carbonyl (C=O) groups is 1. The van der Waals surface area contributed by atoms with E-state index in [1.54, 1.807) is 0 Å². The van der Waals surface area contributed by atoms with Crippen molar-refractivity contribution in [3.8, 4) is 0 Å². The number of aliphatic hydroxyl groups is 2. The van der Waals surface area contributed by atoms with Gasteiger partial charge in [-0.05, 0) is 68.3 Å². The number of rotatable bonds is 12. The van der Waals surface area contributed by atoms with Crippen molar-refractivity contribution in [3.05, 3.63) is 48.0 Å². The number of carboxylic acids is 1. The number of aliphatic hydroxyl groups excluding tert-OH is 2. The minimum absolute atomic E-state index is 0.104. The highest BCUT2D eigenvalue weighted by Crippen LogP contribution is 2.39. The fraction of sp³-hybridized carbons (Fsp3) is 0.625. The van der Waals surface area contributed by atoms with Gasteiger partial charge in [0.2, 0.25) is 0 Å². The van der Waals surface area contributed by atoms with Gasteiger partial charge in [-0.2, -0.15) is 0 Å². The number of benzene rings is 1. The fourth-order valence-electron chi connectivity index (χ4n) is 4.33. The first kappa shape index (κ1) is 22.6. The number of hydrogen-bond donors (Lipinski definition) is 3. The van der Waals surface area contributed by atoms with Crippen molar-refractivity contribution < 1.29 is 20.1 Å². The van der Waals surface area contributed by atoms with Gasteiger partial charge < -0.3 is 15.3 Å². The first-order chi connectivity index (χ1) is 13.5. The maximum absolute atomic E-state index is 10.5. The predicted octanol–water partition coefficient (Wildman–Crippen LogP) is 4.59. The molecular weight excluding hydrogens is 352 g/mol. The normalized spacial score (nSPS) is 26.0. The monoisotopic (exact) mass is 388 g/mol. The number of unbranched alkanes of at least 4 members (excludes halogenated alkanes) is 1. The topological polar surface area (TPSA) is 77.8 Å². The molecule has 3 N–H and O–H groups in total. The molecular formula is C24H36O4. The Bertz CT molecular complexity index is 598. The predicted molar refractivity (Wildman–Crippen MR) is 112 cm³/mol. The molecule has 1 aromatic carbocycles. The third-order valence-electron chi connectivity index (χ3n) is 6.12. The fourth-order valence-corrected chi connectivity index (χ4v) is 4.33. The summed E-state index contributed by atoms with van der Waals surface area (Å²) >= 11 is 0. The van der Waals surface area contributed by atoms with Gasteiger partial charge in [0.25, 0.3) is 0 Å². The molecule has 0 saturated heterocycles. The van der Waals surface area contributed by atoms with E-state index in [1.807, 2.05) is 12.1 Å². The Labute approximate surface area is 169 Å². The van der Waals surface area contributed by atoms with Gasteiger partial charge in [0.1, 0.15) is 0 Å². The molecule has 0 spiro atoms. The smallest absolute Gasteiger partial charge is 0.303 e. The van der Waals surface area contributed by atoms with Crippen LogP contribution in [-0.4, -0.2) is 33.5 Å². The van der Waals surface area contributed by atoms with E-state index in [0.717, 1.165) is 38.5 Å². The highest BCUT2D eigenvalue weighted by atomic mass is 16.4. The van der Waals surface area contributed by atoms with Gasteiger partial charge in [-0.1, -0.05) is 55.8 Å². The highest BCUT2D eigenvalue weighted by Gasteiger charge is 2.40. The molecule has 1 aliphatic rings. The third-order valence-corrected chi connectivity index (χ3v) is 6.12. The van der Waals surface area contributed by atoms with Gasteiger partial charge in [-0.15, -0.1) is 0 Å². The molecule has 28 heavy (non-hydrogen) atoms. The summed E-state index contributed by atoms with van der Waals surface area (Å²) < 4.78 is 0. The standard InChI is InChI=1S/C24H36O4/c1-18(13-15-19-9-5-4-6-10-19)14-16-21-20(22(25)17-23(21)26)11-7-2-3-8-12-24(27)28/h2,4-7,9-10,18,20-23,25-26H,3,8,11-17H2,1H3,(H,27,28)/b7-2-/t18-,20+,21+,22-,23+/m0/s1. The van der Waals surface area contributed by atoms with Crippen molar-refractivity contribution in [1.29, 1.82) is 0 Å². The zero-order valence-electron chi connectivity index (χ0n) is 17.0. The molecule has 0 radical (unpaired) electrons. The van der Waals surface area contributed by atoms with Crippen LogP contribution in [0.3, 0.4) is 0 Å². The van der Waals surface area contributed by atoms with Crippen LogP contribution >= 0.6 is 0 Å². The Morgan fingerprint density at radius 3 is 2.54 bits per heavy atom. The van der Waals surface area contributed by atoms with Crippen LogP contribution in [-0.2, 0) is 11.2 Å². The molecule has 2 rings (SSSR count). The largest absolute Gasteiger partial charge is 0.481 e. The Morgan fingerprint density at radius 1 is 1.11 bits per heavy atom. The SMILES string of the molecule is C[C@@H](CCc1ccccc1)CC[C@@H]1[C@@H](C/C=C\CCCC(=O)O)[C@@H](O)C[C@H]1O. The van der Waals surface area contributed by atoms with Gasteiger partial charge in [-0.25, -0.2) is 0 Å². The van der Waals surface area contributed by atoms with E-state index in [0.29, 0.717) is 18.8 Å².